The van der Waals surface area contributed by atoms with E-state index >= 15 is 0 Å². The molecule has 2 heterocycles. The van der Waals surface area contributed by atoms with Gasteiger partial charge in [0.25, 0.3) is 5.56 Å². The minimum Gasteiger partial charge on any atom is -0.328 e. The first-order chi connectivity index (χ1) is 6.98. The van der Waals surface area contributed by atoms with Gasteiger partial charge in [0.05, 0.1) is 10.9 Å². The number of pyridine rings is 1. The van der Waals surface area contributed by atoms with Gasteiger partial charge in [-0.3, -0.25) is 4.79 Å². The molecule has 0 aromatic carbocycles. The zero-order chi connectivity index (χ0) is 11.1. The first-order valence-corrected chi connectivity index (χ1v) is 5.92. The van der Waals surface area contributed by atoms with Crippen LogP contribution in [0.1, 0.15) is 0 Å². The predicted octanol–water partition coefficient (Wildman–Crippen LogP) is -0.278. The van der Waals surface area contributed by atoms with E-state index in [1.165, 1.54) is 18.5 Å². The first-order valence-electron chi connectivity index (χ1n) is 4.03. The molecule has 7 heteroatoms. The predicted molar refractivity (Wildman–Crippen MR) is 53.3 cm³/mol. The summed E-state index contributed by atoms with van der Waals surface area (Å²) >= 11 is 0. The number of H-pyrrole nitrogens is 1. The van der Waals surface area contributed by atoms with Crippen LogP contribution in [-0.2, 0) is 9.84 Å². The van der Waals surface area contributed by atoms with Gasteiger partial charge in [-0.25, -0.2) is 18.4 Å². The Morgan fingerprint density at radius 1 is 1.40 bits per heavy atom. The van der Waals surface area contributed by atoms with Crippen molar-refractivity contribution in [3.63, 3.8) is 0 Å². The Bertz CT molecular complexity index is 675. The molecule has 0 atom stereocenters. The Morgan fingerprint density at radius 2 is 2.13 bits per heavy atom. The van der Waals surface area contributed by atoms with Crippen LogP contribution in [-0.4, -0.2) is 29.6 Å². The standard InChI is InChI=1S/C8H7N3O3S/c1-15(13,14)8-10-4-5-6(11-8)2-3-9-7(5)12/h2-4H,1H3,(H,9,12). The maximum atomic E-state index is 11.3. The molecule has 0 aliphatic heterocycles. The normalized spacial score (nSPS) is 11.8. The molecule has 0 unspecified atom stereocenters. The van der Waals surface area contributed by atoms with Crippen molar-refractivity contribution in [1.82, 2.24) is 15.0 Å². The second kappa shape index (κ2) is 3.13. The monoisotopic (exact) mass is 225 g/mol. The Kier molecular flexibility index (Phi) is 2.04. The smallest absolute Gasteiger partial charge is 0.258 e. The van der Waals surface area contributed by atoms with Gasteiger partial charge in [-0.15, -0.1) is 0 Å². The number of nitrogens with zero attached hydrogens (tertiary/aromatic N) is 2. The third-order valence-electron chi connectivity index (χ3n) is 1.83. The van der Waals surface area contributed by atoms with Gasteiger partial charge in [0.15, 0.2) is 0 Å². The van der Waals surface area contributed by atoms with Crippen molar-refractivity contribution in [2.24, 2.45) is 0 Å². The quantitative estimate of drug-likeness (QED) is 0.674. The molecule has 0 fully saturated rings. The van der Waals surface area contributed by atoms with Gasteiger partial charge in [0.2, 0.25) is 15.0 Å². The molecule has 2 aromatic rings. The van der Waals surface area contributed by atoms with Crippen LogP contribution >= 0.6 is 0 Å². The highest BCUT2D eigenvalue weighted by molar-refractivity contribution is 7.90. The van der Waals surface area contributed by atoms with Gasteiger partial charge in [-0.2, -0.15) is 0 Å². The zero-order valence-electron chi connectivity index (χ0n) is 7.76. The van der Waals surface area contributed by atoms with E-state index in [2.05, 4.69) is 15.0 Å². The number of nitrogens with one attached hydrogen (secondary N) is 1. The zero-order valence-corrected chi connectivity index (χ0v) is 8.58. The van der Waals surface area contributed by atoms with Crippen molar-refractivity contribution in [3.05, 3.63) is 28.8 Å². The molecule has 78 valence electrons. The largest absolute Gasteiger partial charge is 0.328 e. The number of hydrogen-bond donors (Lipinski definition) is 1. The van der Waals surface area contributed by atoms with Gasteiger partial charge in [0.1, 0.15) is 0 Å². The molecule has 0 saturated heterocycles. The summed E-state index contributed by atoms with van der Waals surface area (Å²) in [6.45, 7) is 0. The van der Waals surface area contributed by atoms with Crippen LogP contribution in [0.15, 0.2) is 28.4 Å². The van der Waals surface area contributed by atoms with Crippen LogP contribution in [0.4, 0.5) is 0 Å². The second-order valence-corrected chi connectivity index (χ2v) is 4.94. The Hall–Kier alpha value is -1.76. The van der Waals surface area contributed by atoms with E-state index in [1.54, 1.807) is 0 Å². The minimum atomic E-state index is -3.44. The van der Waals surface area contributed by atoms with Gasteiger partial charge in [-0.1, -0.05) is 0 Å². The van der Waals surface area contributed by atoms with Crippen molar-refractivity contribution < 1.29 is 8.42 Å². The molecule has 0 bridgehead atoms. The van der Waals surface area contributed by atoms with Gasteiger partial charge >= 0.3 is 0 Å². The van der Waals surface area contributed by atoms with E-state index in [4.69, 9.17) is 0 Å². The van der Waals surface area contributed by atoms with Crippen LogP contribution in [0.5, 0.6) is 0 Å². The fourth-order valence-corrected chi connectivity index (χ4v) is 1.64. The highest BCUT2D eigenvalue weighted by Crippen LogP contribution is 2.07. The van der Waals surface area contributed by atoms with Crippen LogP contribution < -0.4 is 5.56 Å². The highest BCUT2D eigenvalue weighted by Gasteiger charge is 2.11. The lowest BCUT2D eigenvalue weighted by Gasteiger charge is -1.98. The maximum Gasteiger partial charge on any atom is 0.258 e. The molecular weight excluding hydrogens is 218 g/mol. The molecule has 2 rings (SSSR count). The summed E-state index contributed by atoms with van der Waals surface area (Å²) < 4.78 is 22.3. The number of aromatic nitrogens is 3. The van der Waals surface area contributed by atoms with E-state index in [0.717, 1.165) is 6.26 Å². The molecule has 0 aliphatic rings. The van der Waals surface area contributed by atoms with Crippen molar-refractivity contribution in [2.45, 2.75) is 5.16 Å². The Morgan fingerprint density at radius 3 is 2.80 bits per heavy atom. The third-order valence-corrected chi connectivity index (χ3v) is 2.69. The van der Waals surface area contributed by atoms with Crippen molar-refractivity contribution >= 4 is 20.7 Å². The first kappa shape index (κ1) is 9.78. The second-order valence-electron chi connectivity index (χ2n) is 3.03. The summed E-state index contributed by atoms with van der Waals surface area (Å²) in [6, 6.07) is 1.52. The summed E-state index contributed by atoms with van der Waals surface area (Å²) in [4.78, 5) is 21.1. The van der Waals surface area contributed by atoms with Gasteiger partial charge in [-0.05, 0) is 6.07 Å². The van der Waals surface area contributed by atoms with E-state index in [9.17, 15) is 13.2 Å². The lowest BCUT2D eigenvalue weighted by molar-refractivity contribution is 0.593. The summed E-state index contributed by atoms with van der Waals surface area (Å²) in [5.41, 5.74) is -0.0262. The molecule has 0 radical (unpaired) electrons. The van der Waals surface area contributed by atoms with E-state index < -0.39 is 9.84 Å². The van der Waals surface area contributed by atoms with Crippen molar-refractivity contribution in [1.29, 1.82) is 0 Å². The molecular formula is C8H7N3O3S. The van der Waals surface area contributed by atoms with E-state index in [-0.39, 0.29) is 16.1 Å². The van der Waals surface area contributed by atoms with E-state index in [1.807, 2.05) is 0 Å². The number of hydrogen-bond acceptors (Lipinski definition) is 5. The van der Waals surface area contributed by atoms with Crippen molar-refractivity contribution in [2.75, 3.05) is 6.26 Å². The molecule has 0 spiro atoms. The molecule has 15 heavy (non-hydrogen) atoms. The lowest BCUT2D eigenvalue weighted by atomic mass is 10.3. The van der Waals surface area contributed by atoms with Crippen LogP contribution in [0.25, 0.3) is 10.9 Å². The minimum absolute atomic E-state index is 0.268. The average Bonchev–Trinajstić information content (AvgIpc) is 2.16. The summed E-state index contributed by atoms with van der Waals surface area (Å²) in [5, 5.41) is -0.00880. The molecule has 2 aromatic heterocycles. The van der Waals surface area contributed by atoms with Crippen LogP contribution in [0, 0.1) is 0 Å². The highest BCUT2D eigenvalue weighted by atomic mass is 32.2. The number of rotatable bonds is 1. The molecule has 0 aliphatic carbocycles. The summed E-state index contributed by atoms with van der Waals surface area (Å²) in [5.74, 6) is 0. The average molecular weight is 225 g/mol. The summed E-state index contributed by atoms with van der Waals surface area (Å²) in [6.07, 6.45) is 3.63. The fourth-order valence-electron chi connectivity index (χ4n) is 1.13. The number of sulfone groups is 1. The topological polar surface area (TPSA) is 92.8 Å². The third kappa shape index (κ3) is 1.73. The van der Waals surface area contributed by atoms with Crippen LogP contribution in [0.2, 0.25) is 0 Å². The Labute approximate surface area is 84.9 Å². The van der Waals surface area contributed by atoms with Gasteiger partial charge < -0.3 is 4.98 Å². The molecule has 0 amide bonds. The van der Waals surface area contributed by atoms with Gasteiger partial charge in [0, 0.05) is 18.6 Å². The Balaban J connectivity index is 2.85. The molecule has 1 N–H and O–H groups in total. The fraction of sp³-hybridized carbons (Fsp3) is 0.125. The van der Waals surface area contributed by atoms with Crippen molar-refractivity contribution in [3.8, 4) is 0 Å². The number of aromatic amines is 1. The van der Waals surface area contributed by atoms with Crippen LogP contribution in [0.3, 0.4) is 0 Å². The molecule has 0 saturated carbocycles. The van der Waals surface area contributed by atoms with E-state index in [0.29, 0.717) is 5.52 Å². The SMILES string of the molecule is CS(=O)(=O)c1ncc2c(=O)[nH]ccc2n1. The molecule has 6 nitrogen and oxygen atoms in total. The summed E-state index contributed by atoms with van der Waals surface area (Å²) in [7, 11) is -3.44. The number of fused-ring (bicyclic) bond motifs is 1. The maximum absolute atomic E-state index is 11.3. The lowest BCUT2D eigenvalue weighted by Crippen LogP contribution is -2.09.